The maximum absolute atomic E-state index is 11.3. The Morgan fingerprint density at radius 2 is 2.13 bits per heavy atom. The molecule has 0 aromatic rings. The van der Waals surface area contributed by atoms with Crippen LogP contribution < -0.4 is 0 Å². The van der Waals surface area contributed by atoms with Crippen molar-refractivity contribution in [1.82, 2.24) is 0 Å². The maximum Gasteiger partial charge on any atom is 0.337 e. The molecule has 0 saturated carbocycles. The fourth-order valence-corrected chi connectivity index (χ4v) is 1.16. The summed E-state index contributed by atoms with van der Waals surface area (Å²) in [4.78, 5) is 11.3. The van der Waals surface area contributed by atoms with Gasteiger partial charge in [0.2, 0.25) is 0 Å². The molecule has 0 atom stereocenters. The molecule has 0 aromatic carbocycles. The highest BCUT2D eigenvalue weighted by molar-refractivity contribution is 5.88. The summed E-state index contributed by atoms with van der Waals surface area (Å²) < 4.78 is 4.56. The fraction of sp³-hybridized carbons (Fsp3) is 0.545. The van der Waals surface area contributed by atoms with E-state index in [1.807, 2.05) is 0 Å². The van der Waals surface area contributed by atoms with E-state index in [9.17, 15) is 9.90 Å². The van der Waals surface area contributed by atoms with Crippen LogP contribution in [0, 0.1) is 0 Å². The first-order valence-electron chi connectivity index (χ1n) is 4.88. The van der Waals surface area contributed by atoms with Gasteiger partial charge in [-0.2, -0.15) is 0 Å². The zero-order valence-corrected chi connectivity index (χ0v) is 9.03. The van der Waals surface area contributed by atoms with Crippen LogP contribution in [0.15, 0.2) is 24.0 Å². The molecule has 0 spiro atoms. The van der Waals surface area contributed by atoms with E-state index in [2.05, 4.69) is 11.3 Å². The van der Waals surface area contributed by atoms with Gasteiger partial charge < -0.3 is 14.9 Å². The van der Waals surface area contributed by atoms with Crippen LogP contribution in [0.5, 0.6) is 0 Å². The third-order valence-electron chi connectivity index (χ3n) is 1.95. The topological polar surface area (TPSA) is 66.8 Å². The zero-order chi connectivity index (χ0) is 11.7. The van der Waals surface area contributed by atoms with Crippen LogP contribution in [0.4, 0.5) is 0 Å². The predicted molar refractivity (Wildman–Crippen MR) is 57.4 cm³/mol. The number of carbonyl (C=O) groups is 1. The van der Waals surface area contributed by atoms with Gasteiger partial charge in [0, 0.05) is 13.0 Å². The largest absolute Gasteiger partial charge is 0.511 e. The average molecular weight is 214 g/mol. The second-order valence-electron chi connectivity index (χ2n) is 3.09. The third-order valence-corrected chi connectivity index (χ3v) is 1.95. The van der Waals surface area contributed by atoms with Crippen molar-refractivity contribution >= 4 is 5.97 Å². The zero-order valence-electron chi connectivity index (χ0n) is 9.03. The van der Waals surface area contributed by atoms with Gasteiger partial charge in [0.1, 0.15) is 5.76 Å². The van der Waals surface area contributed by atoms with E-state index in [-0.39, 0.29) is 24.4 Å². The van der Waals surface area contributed by atoms with Crippen molar-refractivity contribution in [2.24, 2.45) is 0 Å². The van der Waals surface area contributed by atoms with Gasteiger partial charge in [0.25, 0.3) is 0 Å². The molecule has 0 aliphatic carbocycles. The van der Waals surface area contributed by atoms with Crippen LogP contribution in [0.3, 0.4) is 0 Å². The number of unbranched alkanes of at least 4 members (excludes halogenated alkanes) is 1. The lowest BCUT2D eigenvalue weighted by atomic mass is 10.1. The molecule has 4 heteroatoms. The van der Waals surface area contributed by atoms with Crippen molar-refractivity contribution in [3.63, 3.8) is 0 Å². The number of methoxy groups -OCH3 is 1. The Morgan fingerprint density at radius 3 is 2.60 bits per heavy atom. The Kier molecular flexibility index (Phi) is 7.36. The first kappa shape index (κ1) is 13.7. The van der Waals surface area contributed by atoms with Crippen molar-refractivity contribution in [1.29, 1.82) is 0 Å². The number of ether oxygens (including phenoxy) is 1. The summed E-state index contributed by atoms with van der Waals surface area (Å²) >= 11 is 0. The van der Waals surface area contributed by atoms with Gasteiger partial charge in [-0.1, -0.05) is 6.08 Å². The molecule has 0 bridgehead atoms. The van der Waals surface area contributed by atoms with Crippen LogP contribution >= 0.6 is 0 Å². The van der Waals surface area contributed by atoms with Crippen molar-refractivity contribution in [2.75, 3.05) is 13.7 Å². The molecule has 0 saturated heterocycles. The molecular formula is C11H18O4. The SMILES string of the molecule is C=CCC(O)=C(CCCCO)C(=O)OC. The summed E-state index contributed by atoms with van der Waals surface area (Å²) in [6, 6.07) is 0. The van der Waals surface area contributed by atoms with Crippen LogP contribution in [0.2, 0.25) is 0 Å². The number of allylic oxidation sites excluding steroid dienone is 1. The van der Waals surface area contributed by atoms with Gasteiger partial charge in [-0.15, -0.1) is 6.58 Å². The number of hydrogen-bond acceptors (Lipinski definition) is 4. The maximum atomic E-state index is 11.3. The van der Waals surface area contributed by atoms with Crippen molar-refractivity contribution < 1.29 is 19.7 Å². The average Bonchev–Trinajstić information content (AvgIpc) is 2.23. The highest BCUT2D eigenvalue weighted by atomic mass is 16.5. The summed E-state index contributed by atoms with van der Waals surface area (Å²) in [5.41, 5.74) is 0.269. The second-order valence-corrected chi connectivity index (χ2v) is 3.09. The molecule has 0 aliphatic heterocycles. The summed E-state index contributed by atoms with van der Waals surface area (Å²) in [7, 11) is 1.27. The lowest BCUT2D eigenvalue weighted by Crippen LogP contribution is -2.08. The molecule has 0 heterocycles. The highest BCUT2D eigenvalue weighted by Crippen LogP contribution is 2.15. The molecule has 15 heavy (non-hydrogen) atoms. The first-order chi connectivity index (χ1) is 7.17. The van der Waals surface area contributed by atoms with E-state index in [0.29, 0.717) is 19.3 Å². The van der Waals surface area contributed by atoms with E-state index in [1.54, 1.807) is 0 Å². The van der Waals surface area contributed by atoms with Crippen molar-refractivity contribution in [3.8, 4) is 0 Å². The van der Waals surface area contributed by atoms with Gasteiger partial charge in [0.05, 0.1) is 12.7 Å². The summed E-state index contributed by atoms with van der Waals surface area (Å²) in [6.07, 6.45) is 3.42. The minimum absolute atomic E-state index is 0.00482. The van der Waals surface area contributed by atoms with Gasteiger partial charge in [-0.3, -0.25) is 0 Å². The molecular weight excluding hydrogens is 196 g/mol. The van der Waals surface area contributed by atoms with E-state index < -0.39 is 5.97 Å². The Hall–Kier alpha value is -1.29. The molecule has 0 unspecified atom stereocenters. The lowest BCUT2D eigenvalue weighted by Gasteiger charge is -2.07. The molecule has 2 N–H and O–H groups in total. The van der Waals surface area contributed by atoms with Gasteiger partial charge in [-0.25, -0.2) is 4.79 Å². The minimum Gasteiger partial charge on any atom is -0.511 e. The van der Waals surface area contributed by atoms with Crippen LogP contribution in [-0.4, -0.2) is 29.9 Å². The fourth-order valence-electron chi connectivity index (χ4n) is 1.16. The molecule has 0 radical (unpaired) electrons. The Balaban J connectivity index is 4.49. The second kappa shape index (κ2) is 8.05. The Bertz CT molecular complexity index is 243. The van der Waals surface area contributed by atoms with E-state index >= 15 is 0 Å². The molecule has 0 fully saturated rings. The Morgan fingerprint density at radius 1 is 1.47 bits per heavy atom. The van der Waals surface area contributed by atoms with Crippen LogP contribution in [-0.2, 0) is 9.53 Å². The van der Waals surface area contributed by atoms with Crippen LogP contribution in [0.25, 0.3) is 0 Å². The molecule has 4 nitrogen and oxygen atoms in total. The quantitative estimate of drug-likeness (QED) is 0.222. The van der Waals surface area contributed by atoms with Crippen LogP contribution in [0.1, 0.15) is 25.7 Å². The minimum atomic E-state index is -0.521. The number of aliphatic hydroxyl groups is 2. The predicted octanol–water partition coefficient (Wildman–Crippen LogP) is 1.71. The molecule has 86 valence electrons. The Labute approximate surface area is 89.9 Å². The monoisotopic (exact) mass is 214 g/mol. The molecule has 0 amide bonds. The summed E-state index contributed by atoms with van der Waals surface area (Å²) in [5, 5.41) is 18.2. The van der Waals surface area contributed by atoms with Gasteiger partial charge in [-0.05, 0) is 19.3 Å². The van der Waals surface area contributed by atoms with Gasteiger partial charge in [0.15, 0.2) is 0 Å². The number of rotatable bonds is 7. The number of hydrogen-bond donors (Lipinski definition) is 2. The van der Waals surface area contributed by atoms with Crippen molar-refractivity contribution in [2.45, 2.75) is 25.7 Å². The third kappa shape index (κ3) is 5.22. The smallest absolute Gasteiger partial charge is 0.337 e. The van der Waals surface area contributed by atoms with Crippen molar-refractivity contribution in [3.05, 3.63) is 24.0 Å². The van der Waals surface area contributed by atoms with Gasteiger partial charge >= 0.3 is 5.97 Å². The van der Waals surface area contributed by atoms with E-state index in [1.165, 1.54) is 13.2 Å². The summed E-state index contributed by atoms with van der Waals surface area (Å²) in [6.45, 7) is 3.56. The first-order valence-corrected chi connectivity index (χ1v) is 4.88. The standard InChI is InChI=1S/C11H18O4/c1-3-6-10(13)9(11(14)15-2)7-4-5-8-12/h3,12-13H,1,4-8H2,2H3. The van der Waals surface area contributed by atoms with E-state index in [0.717, 1.165) is 0 Å². The number of carbonyl (C=O) groups excluding carboxylic acids is 1. The molecule has 0 aromatic heterocycles. The molecule has 0 rings (SSSR count). The normalized spacial score (nSPS) is 11.9. The highest BCUT2D eigenvalue weighted by Gasteiger charge is 2.14. The lowest BCUT2D eigenvalue weighted by molar-refractivity contribution is -0.136. The number of esters is 1. The molecule has 0 aliphatic rings. The number of aliphatic hydroxyl groups excluding tert-OH is 2. The summed E-state index contributed by atoms with van der Waals surface area (Å²) in [5.74, 6) is -0.526. The van der Waals surface area contributed by atoms with E-state index in [4.69, 9.17) is 5.11 Å².